The van der Waals surface area contributed by atoms with Crippen LogP contribution in [0, 0.1) is 0 Å². The van der Waals surface area contributed by atoms with Gasteiger partial charge in [-0.05, 0) is 49.4 Å². The Morgan fingerprint density at radius 3 is 2.95 bits per heavy atom. The molecular formula is C15H17N5S. The van der Waals surface area contributed by atoms with Gasteiger partial charge in [0.1, 0.15) is 10.8 Å². The monoisotopic (exact) mass is 299 g/mol. The van der Waals surface area contributed by atoms with Gasteiger partial charge in [0.2, 0.25) is 0 Å². The number of aryl methyl sites for hydroxylation is 2. The molecule has 0 bridgehead atoms. The molecule has 2 aromatic heterocycles. The van der Waals surface area contributed by atoms with Crippen molar-refractivity contribution in [3.63, 3.8) is 0 Å². The van der Waals surface area contributed by atoms with Crippen LogP contribution >= 0.6 is 12.2 Å². The second-order valence-corrected chi connectivity index (χ2v) is 5.57. The molecule has 1 aliphatic carbocycles. The van der Waals surface area contributed by atoms with Crippen LogP contribution in [0.4, 0.5) is 5.82 Å². The van der Waals surface area contributed by atoms with Crippen molar-refractivity contribution in [1.29, 1.82) is 0 Å². The van der Waals surface area contributed by atoms with Crippen LogP contribution in [0.1, 0.15) is 35.4 Å². The first-order valence-electron chi connectivity index (χ1n) is 7.07. The summed E-state index contributed by atoms with van der Waals surface area (Å²) < 4.78 is 0. The standard InChI is InChI=1S/C15H17N5S/c16-14(21)12-8-10-4-1-2-6-13(10)19-15(12)17-9-11-5-3-7-18-20-11/h3,5,7-8H,1-2,4,6,9H2,(H2,16,21)(H,17,19). The van der Waals surface area contributed by atoms with E-state index in [1.807, 2.05) is 12.1 Å². The molecule has 0 spiro atoms. The van der Waals surface area contributed by atoms with Crippen molar-refractivity contribution in [3.8, 4) is 0 Å². The van der Waals surface area contributed by atoms with E-state index in [0.717, 1.165) is 35.6 Å². The van der Waals surface area contributed by atoms with Crippen LogP contribution in [0.3, 0.4) is 0 Å². The molecule has 0 aromatic carbocycles. The van der Waals surface area contributed by atoms with Gasteiger partial charge in [-0.25, -0.2) is 4.98 Å². The largest absolute Gasteiger partial charge is 0.389 e. The van der Waals surface area contributed by atoms with Crippen LogP contribution in [0.25, 0.3) is 0 Å². The maximum absolute atomic E-state index is 5.84. The Hall–Kier alpha value is -2.08. The van der Waals surface area contributed by atoms with Gasteiger partial charge in [0.25, 0.3) is 0 Å². The minimum atomic E-state index is 0.373. The van der Waals surface area contributed by atoms with Crippen molar-refractivity contribution in [2.24, 2.45) is 5.73 Å². The van der Waals surface area contributed by atoms with Gasteiger partial charge in [0.05, 0.1) is 17.8 Å². The predicted octanol–water partition coefficient (Wildman–Crippen LogP) is 2.00. The molecule has 3 N–H and O–H groups in total. The third-order valence-electron chi connectivity index (χ3n) is 3.63. The highest BCUT2D eigenvalue weighted by Gasteiger charge is 2.16. The van der Waals surface area contributed by atoms with E-state index in [-0.39, 0.29) is 0 Å². The van der Waals surface area contributed by atoms with Crippen LogP contribution in [0.2, 0.25) is 0 Å². The number of anilines is 1. The number of hydrogen-bond donors (Lipinski definition) is 2. The third-order valence-corrected chi connectivity index (χ3v) is 3.85. The molecule has 0 unspecified atom stereocenters. The number of pyridine rings is 1. The van der Waals surface area contributed by atoms with E-state index >= 15 is 0 Å². The van der Waals surface area contributed by atoms with E-state index in [1.54, 1.807) is 6.20 Å². The van der Waals surface area contributed by atoms with Crippen LogP contribution in [-0.2, 0) is 19.4 Å². The summed E-state index contributed by atoms with van der Waals surface area (Å²) in [5.41, 5.74) is 9.93. The summed E-state index contributed by atoms with van der Waals surface area (Å²) in [6.07, 6.45) is 6.13. The van der Waals surface area contributed by atoms with Crippen molar-refractivity contribution in [3.05, 3.63) is 46.9 Å². The Morgan fingerprint density at radius 1 is 1.33 bits per heavy atom. The van der Waals surface area contributed by atoms with Crippen molar-refractivity contribution < 1.29 is 0 Å². The number of aromatic nitrogens is 3. The minimum absolute atomic E-state index is 0.373. The molecule has 1 aliphatic rings. The number of rotatable bonds is 4. The Labute approximate surface area is 129 Å². The second kappa shape index (κ2) is 6.13. The first kappa shape index (κ1) is 13.9. The zero-order valence-electron chi connectivity index (χ0n) is 11.7. The topological polar surface area (TPSA) is 76.7 Å². The second-order valence-electron chi connectivity index (χ2n) is 5.13. The van der Waals surface area contributed by atoms with Crippen molar-refractivity contribution in [2.45, 2.75) is 32.2 Å². The van der Waals surface area contributed by atoms with Gasteiger partial charge in [-0.2, -0.15) is 10.2 Å². The van der Waals surface area contributed by atoms with E-state index < -0.39 is 0 Å². The third kappa shape index (κ3) is 3.16. The van der Waals surface area contributed by atoms with Crippen molar-refractivity contribution >= 4 is 23.0 Å². The molecule has 21 heavy (non-hydrogen) atoms. The lowest BCUT2D eigenvalue weighted by atomic mass is 9.94. The number of nitrogens with one attached hydrogen (secondary N) is 1. The summed E-state index contributed by atoms with van der Waals surface area (Å²) in [7, 11) is 0. The molecule has 2 aromatic rings. The van der Waals surface area contributed by atoms with E-state index in [0.29, 0.717) is 11.5 Å². The quantitative estimate of drug-likeness (QED) is 0.841. The molecule has 0 radical (unpaired) electrons. The molecule has 0 saturated carbocycles. The normalized spacial score (nSPS) is 13.5. The van der Waals surface area contributed by atoms with E-state index in [4.69, 9.17) is 22.9 Å². The molecule has 6 heteroatoms. The highest BCUT2D eigenvalue weighted by Crippen LogP contribution is 2.25. The number of nitrogens with two attached hydrogens (primary N) is 1. The summed E-state index contributed by atoms with van der Waals surface area (Å²) in [6.45, 7) is 0.551. The molecule has 0 atom stereocenters. The maximum Gasteiger partial charge on any atom is 0.136 e. The van der Waals surface area contributed by atoms with Gasteiger partial charge in [-0.1, -0.05) is 12.2 Å². The number of nitrogens with zero attached hydrogens (tertiary/aromatic N) is 3. The Morgan fingerprint density at radius 2 is 2.19 bits per heavy atom. The zero-order chi connectivity index (χ0) is 14.7. The summed E-state index contributed by atoms with van der Waals surface area (Å²) in [5.74, 6) is 0.744. The molecule has 0 aliphatic heterocycles. The van der Waals surface area contributed by atoms with Gasteiger partial charge in [0.15, 0.2) is 0 Å². The summed E-state index contributed by atoms with van der Waals surface area (Å²) >= 11 is 5.16. The Balaban J connectivity index is 1.87. The van der Waals surface area contributed by atoms with E-state index in [1.165, 1.54) is 18.4 Å². The first-order valence-corrected chi connectivity index (χ1v) is 7.48. The molecule has 0 saturated heterocycles. The fourth-order valence-corrected chi connectivity index (χ4v) is 2.71. The van der Waals surface area contributed by atoms with Gasteiger partial charge >= 0.3 is 0 Å². The average molecular weight is 299 g/mol. The van der Waals surface area contributed by atoms with Gasteiger partial charge in [-0.3, -0.25) is 0 Å². The Bertz CT molecular complexity index is 657. The molecule has 0 amide bonds. The molecule has 0 fully saturated rings. The van der Waals surface area contributed by atoms with Crippen LogP contribution in [0.5, 0.6) is 0 Å². The highest BCUT2D eigenvalue weighted by atomic mass is 32.1. The maximum atomic E-state index is 5.84. The summed E-state index contributed by atoms with van der Waals surface area (Å²) in [4.78, 5) is 5.10. The molecule has 2 heterocycles. The number of fused-ring (bicyclic) bond motifs is 1. The Kier molecular flexibility index (Phi) is 4.06. The zero-order valence-corrected chi connectivity index (χ0v) is 12.5. The molecule has 108 valence electrons. The van der Waals surface area contributed by atoms with Crippen LogP contribution < -0.4 is 11.1 Å². The SMILES string of the molecule is NC(=S)c1cc2c(nc1NCc1cccnn1)CCCC2. The van der Waals surface area contributed by atoms with E-state index in [2.05, 4.69) is 21.6 Å². The molecule has 3 rings (SSSR count). The average Bonchev–Trinajstić information content (AvgIpc) is 2.53. The predicted molar refractivity (Wildman–Crippen MR) is 86.1 cm³/mol. The van der Waals surface area contributed by atoms with Crippen LogP contribution in [0.15, 0.2) is 24.4 Å². The number of thiocarbonyl (C=S) groups is 1. The summed E-state index contributed by atoms with van der Waals surface area (Å²) in [6, 6.07) is 5.86. The minimum Gasteiger partial charge on any atom is -0.389 e. The lowest BCUT2D eigenvalue weighted by molar-refractivity contribution is 0.668. The summed E-state index contributed by atoms with van der Waals surface area (Å²) in [5, 5.41) is 11.2. The lowest BCUT2D eigenvalue weighted by Gasteiger charge is -2.19. The van der Waals surface area contributed by atoms with Gasteiger partial charge < -0.3 is 11.1 Å². The molecular weight excluding hydrogens is 282 g/mol. The van der Waals surface area contributed by atoms with Gasteiger partial charge in [-0.15, -0.1) is 0 Å². The molecule has 5 nitrogen and oxygen atoms in total. The van der Waals surface area contributed by atoms with Crippen LogP contribution in [-0.4, -0.2) is 20.2 Å². The fraction of sp³-hybridized carbons (Fsp3) is 0.333. The fourth-order valence-electron chi connectivity index (χ4n) is 2.56. The van der Waals surface area contributed by atoms with Crippen molar-refractivity contribution in [1.82, 2.24) is 15.2 Å². The van der Waals surface area contributed by atoms with E-state index in [9.17, 15) is 0 Å². The smallest absolute Gasteiger partial charge is 0.136 e. The van der Waals surface area contributed by atoms with Crippen molar-refractivity contribution in [2.75, 3.05) is 5.32 Å². The number of hydrogen-bond acceptors (Lipinski definition) is 5. The van der Waals surface area contributed by atoms with Gasteiger partial charge in [0, 0.05) is 11.9 Å². The lowest BCUT2D eigenvalue weighted by Crippen LogP contribution is -2.18. The first-order chi connectivity index (χ1) is 10.2. The highest BCUT2D eigenvalue weighted by molar-refractivity contribution is 7.80.